The van der Waals surface area contributed by atoms with Gasteiger partial charge in [-0.2, -0.15) is 12.7 Å². The van der Waals surface area contributed by atoms with Gasteiger partial charge >= 0.3 is 16.3 Å². The van der Waals surface area contributed by atoms with Crippen molar-refractivity contribution in [2.45, 2.75) is 78.8 Å². The number of aromatic nitrogens is 3. The number of rotatable bonds is 19. The Morgan fingerprint density at radius 3 is 2.41 bits per heavy atom. The van der Waals surface area contributed by atoms with Crippen LogP contribution in [0.25, 0.3) is 11.0 Å². The van der Waals surface area contributed by atoms with Crippen molar-refractivity contribution < 1.29 is 41.1 Å². The zero-order chi connectivity index (χ0) is 42.9. The number of fused-ring (bicyclic) bond motifs is 2. The lowest BCUT2D eigenvalue weighted by Crippen LogP contribution is -2.37. The van der Waals surface area contributed by atoms with E-state index in [1.54, 1.807) is 26.2 Å². The molecule has 2 heterocycles. The molecule has 0 bridgehead atoms. The van der Waals surface area contributed by atoms with E-state index in [0.29, 0.717) is 43.4 Å². The second-order valence-electron chi connectivity index (χ2n) is 15.0. The molecule has 13 nitrogen and oxygen atoms in total. The highest BCUT2D eigenvalue weighted by Gasteiger charge is 2.34. The highest BCUT2D eigenvalue weighted by Crippen LogP contribution is 2.41. The average Bonchev–Trinajstić information content (AvgIpc) is 3.68. The number of benzene rings is 5. The van der Waals surface area contributed by atoms with Crippen LogP contribution in [0.5, 0.6) is 23.0 Å². The molecule has 0 radical (unpaired) electrons. The summed E-state index contributed by atoms with van der Waals surface area (Å²) in [6.45, 7) is 8.23. The highest BCUT2D eigenvalue weighted by atomic mass is 32.2. The number of aryl methyl sites for hydroxylation is 3. The maximum atomic E-state index is 13.6. The van der Waals surface area contributed by atoms with Crippen LogP contribution in [0.2, 0.25) is 0 Å². The third kappa shape index (κ3) is 10.3. The Balaban J connectivity index is 1.08. The fraction of sp³-hybridized carbons (Fsp3) is 0.340. The van der Waals surface area contributed by atoms with E-state index in [1.165, 1.54) is 11.4 Å². The molecule has 0 fully saturated rings. The van der Waals surface area contributed by atoms with Gasteiger partial charge in [-0.3, -0.25) is 4.79 Å². The van der Waals surface area contributed by atoms with Crippen LogP contribution >= 0.6 is 0 Å². The first-order chi connectivity index (χ1) is 29.6. The molecule has 1 atom stereocenters. The van der Waals surface area contributed by atoms with Gasteiger partial charge in [0.1, 0.15) is 17.9 Å². The van der Waals surface area contributed by atoms with E-state index in [9.17, 15) is 13.2 Å². The predicted molar refractivity (Wildman–Crippen MR) is 231 cm³/mol. The van der Waals surface area contributed by atoms with E-state index in [4.69, 9.17) is 27.9 Å². The lowest BCUT2D eigenvalue weighted by molar-refractivity contribution is -0.143. The van der Waals surface area contributed by atoms with Crippen LogP contribution in [0.4, 0.5) is 0 Å². The fourth-order valence-corrected chi connectivity index (χ4v) is 8.61. The van der Waals surface area contributed by atoms with Crippen LogP contribution in [-0.2, 0) is 57.4 Å². The Bertz CT molecular complexity index is 2560. The number of hydrogen-bond acceptors (Lipinski definition) is 11. The van der Waals surface area contributed by atoms with Gasteiger partial charge in [-0.05, 0) is 96.8 Å². The quantitative estimate of drug-likeness (QED) is 0.0574. The van der Waals surface area contributed by atoms with Gasteiger partial charge in [0.05, 0.1) is 39.4 Å². The first kappa shape index (κ1) is 43.1. The summed E-state index contributed by atoms with van der Waals surface area (Å²) in [5, 5.41) is 9.07. The SMILES string of the molecule is CCOC(=O)CC(c1ccc(C)c(CN2Cc3cc(OCc4ccccc4)c(OC)cc3OS2(=O)=O)c1)c1ccc2c(nnn2CCCCOCc2ccc(OC)cc2)c1C. The predicted octanol–water partition coefficient (Wildman–Crippen LogP) is 8.37. The summed E-state index contributed by atoms with van der Waals surface area (Å²) >= 11 is 0. The van der Waals surface area contributed by atoms with Crippen LogP contribution in [0.1, 0.15) is 76.6 Å². The zero-order valence-electron chi connectivity index (χ0n) is 35.3. The molecular formula is C47H52N4O9S. The molecule has 0 amide bonds. The van der Waals surface area contributed by atoms with E-state index in [-0.39, 0.29) is 37.8 Å². The number of hydrogen-bond donors (Lipinski definition) is 0. The van der Waals surface area contributed by atoms with Gasteiger partial charge in [-0.25, -0.2) is 4.68 Å². The monoisotopic (exact) mass is 848 g/mol. The average molecular weight is 849 g/mol. The molecule has 1 unspecified atom stereocenters. The molecule has 1 aliphatic heterocycles. The molecule has 14 heteroatoms. The minimum absolute atomic E-state index is 0.0404. The number of nitrogens with zero attached hydrogens (tertiary/aromatic N) is 4. The third-order valence-corrected chi connectivity index (χ3v) is 12.2. The Kier molecular flexibility index (Phi) is 13.9. The van der Waals surface area contributed by atoms with Crippen molar-refractivity contribution in [3.05, 3.63) is 142 Å². The Labute approximate surface area is 357 Å². The standard InChI is InChI=1S/C47H52N4O9S/c1-6-58-46(52)26-41(40-20-21-42-47(33(40)3)48-49-51(42)22-10-11-23-57-30-35-15-18-39(55-4)19-16-35)36-17-14-32(2)37(24-36)28-50-29-38-25-45(59-31-34-12-8-7-9-13-34)44(56-5)27-43(38)60-61(50,53)54/h7-9,12-21,24-25,27,41H,6,10-11,22-23,26,28-31H2,1-5H3. The summed E-state index contributed by atoms with van der Waals surface area (Å²) in [6, 6.07) is 30.9. The molecule has 1 aromatic heterocycles. The van der Waals surface area contributed by atoms with Crippen LogP contribution in [0, 0.1) is 13.8 Å². The van der Waals surface area contributed by atoms with Gasteiger partial charge < -0.3 is 27.9 Å². The maximum absolute atomic E-state index is 13.6. The topological polar surface area (TPSA) is 141 Å². The lowest BCUT2D eigenvalue weighted by atomic mass is 9.84. The first-order valence-electron chi connectivity index (χ1n) is 20.4. The highest BCUT2D eigenvalue weighted by molar-refractivity contribution is 7.84. The second-order valence-corrected chi connectivity index (χ2v) is 16.5. The lowest BCUT2D eigenvalue weighted by Gasteiger charge is -2.29. The van der Waals surface area contributed by atoms with Crippen LogP contribution in [0.15, 0.2) is 97.1 Å². The molecule has 6 aromatic rings. The van der Waals surface area contributed by atoms with Crippen LogP contribution in [-0.4, -0.2) is 61.1 Å². The number of methoxy groups -OCH3 is 2. The van der Waals surface area contributed by atoms with Gasteiger partial charge in [0.25, 0.3) is 0 Å². The largest absolute Gasteiger partial charge is 0.497 e. The Hall–Kier alpha value is -5.96. The number of carbonyl (C=O) groups excluding carboxylic acids is 1. The molecule has 5 aromatic carbocycles. The van der Waals surface area contributed by atoms with Crippen molar-refractivity contribution in [3.63, 3.8) is 0 Å². The number of unbranched alkanes of at least 4 members (excludes halogenated alkanes) is 1. The van der Waals surface area contributed by atoms with E-state index in [1.807, 2.05) is 103 Å². The van der Waals surface area contributed by atoms with E-state index >= 15 is 0 Å². The van der Waals surface area contributed by atoms with Gasteiger partial charge in [0, 0.05) is 43.8 Å². The molecular weight excluding hydrogens is 797 g/mol. The van der Waals surface area contributed by atoms with E-state index < -0.39 is 16.2 Å². The molecule has 0 spiro atoms. The van der Waals surface area contributed by atoms with Crippen molar-refractivity contribution >= 4 is 27.3 Å². The van der Waals surface area contributed by atoms with Crippen molar-refractivity contribution in [3.8, 4) is 23.0 Å². The minimum atomic E-state index is -4.18. The van der Waals surface area contributed by atoms with Crippen molar-refractivity contribution in [2.24, 2.45) is 0 Å². The normalized spacial score (nSPS) is 13.9. The number of ether oxygens (including phenoxy) is 5. The molecule has 1 aliphatic rings. The molecule has 0 aliphatic carbocycles. The van der Waals surface area contributed by atoms with Gasteiger partial charge in [0.15, 0.2) is 17.2 Å². The minimum Gasteiger partial charge on any atom is -0.497 e. The zero-order valence-corrected chi connectivity index (χ0v) is 36.1. The maximum Gasteiger partial charge on any atom is 0.385 e. The van der Waals surface area contributed by atoms with Crippen molar-refractivity contribution in [2.75, 3.05) is 27.4 Å². The van der Waals surface area contributed by atoms with Gasteiger partial charge in [-0.15, -0.1) is 5.10 Å². The summed E-state index contributed by atoms with van der Waals surface area (Å²) in [7, 11) is -1.03. The molecule has 61 heavy (non-hydrogen) atoms. The molecule has 320 valence electrons. The third-order valence-electron chi connectivity index (χ3n) is 10.9. The number of esters is 1. The summed E-state index contributed by atoms with van der Waals surface area (Å²) in [5.74, 6) is 1.12. The molecule has 0 N–H and O–H groups in total. The van der Waals surface area contributed by atoms with Crippen LogP contribution < -0.4 is 18.4 Å². The Morgan fingerprint density at radius 2 is 1.66 bits per heavy atom. The molecule has 0 saturated heterocycles. The number of carbonyl (C=O) groups is 1. The molecule has 0 saturated carbocycles. The summed E-state index contributed by atoms with van der Waals surface area (Å²) < 4.78 is 64.3. The smallest absolute Gasteiger partial charge is 0.385 e. The summed E-state index contributed by atoms with van der Waals surface area (Å²) in [6.07, 6.45) is 1.81. The van der Waals surface area contributed by atoms with Crippen molar-refractivity contribution in [1.29, 1.82) is 0 Å². The second kappa shape index (κ2) is 19.6. The van der Waals surface area contributed by atoms with E-state index in [0.717, 1.165) is 68.6 Å². The Morgan fingerprint density at radius 1 is 0.869 bits per heavy atom. The van der Waals surface area contributed by atoms with Gasteiger partial charge in [-0.1, -0.05) is 71.9 Å². The first-order valence-corrected chi connectivity index (χ1v) is 21.8. The summed E-state index contributed by atoms with van der Waals surface area (Å²) in [4.78, 5) is 13.2. The van der Waals surface area contributed by atoms with E-state index in [2.05, 4.69) is 10.3 Å². The van der Waals surface area contributed by atoms with Crippen molar-refractivity contribution in [1.82, 2.24) is 19.3 Å². The summed E-state index contributed by atoms with van der Waals surface area (Å²) in [5.41, 5.74) is 8.70. The van der Waals surface area contributed by atoms with Gasteiger partial charge in [0.2, 0.25) is 0 Å². The fourth-order valence-electron chi connectivity index (χ4n) is 7.53. The molecule has 7 rings (SSSR count). The van der Waals surface area contributed by atoms with Crippen LogP contribution in [0.3, 0.4) is 0 Å².